The molecule has 0 aromatic carbocycles. The van der Waals surface area contributed by atoms with Crippen molar-refractivity contribution in [3.05, 3.63) is 16.5 Å². The van der Waals surface area contributed by atoms with Crippen molar-refractivity contribution in [2.75, 3.05) is 6.61 Å². The van der Waals surface area contributed by atoms with E-state index in [0.717, 1.165) is 30.6 Å². The van der Waals surface area contributed by atoms with Crippen LogP contribution in [0.25, 0.3) is 0 Å². The summed E-state index contributed by atoms with van der Waals surface area (Å²) in [7, 11) is 1.47. The van der Waals surface area contributed by atoms with Gasteiger partial charge in [-0.1, -0.05) is 19.8 Å². The predicted octanol–water partition coefficient (Wildman–Crippen LogP) is 3.33. The third kappa shape index (κ3) is 3.96. The van der Waals surface area contributed by atoms with Crippen LogP contribution in [0.2, 0.25) is 0 Å². The summed E-state index contributed by atoms with van der Waals surface area (Å²) in [4.78, 5) is 11.7. The molecule has 0 N–H and O–H groups in total. The highest BCUT2D eigenvalue weighted by atomic mass is 35.7. The lowest BCUT2D eigenvalue weighted by Crippen LogP contribution is -2.07. The number of hydrogen-bond acceptors (Lipinski definition) is 5. The van der Waals surface area contributed by atoms with Gasteiger partial charge in [-0.05, 0) is 18.9 Å². The maximum atomic E-state index is 11.7. The highest BCUT2D eigenvalue weighted by molar-refractivity contribution is 8.15. The standard InChI is InChI=1S/C11H15ClO4S2/c1-3-4-5-6-16-10(13)9-7-17-11(8(9)2)18(12,14)15/h7H,3-6H2,1-2H3. The largest absolute Gasteiger partial charge is 0.462 e. The molecule has 1 heterocycles. The molecular weight excluding hydrogens is 296 g/mol. The lowest BCUT2D eigenvalue weighted by atomic mass is 10.2. The fraction of sp³-hybridized carbons (Fsp3) is 0.545. The lowest BCUT2D eigenvalue weighted by Gasteiger charge is -2.03. The van der Waals surface area contributed by atoms with Gasteiger partial charge < -0.3 is 4.74 Å². The van der Waals surface area contributed by atoms with E-state index in [9.17, 15) is 13.2 Å². The van der Waals surface area contributed by atoms with Gasteiger partial charge >= 0.3 is 5.97 Å². The second-order valence-electron chi connectivity index (χ2n) is 3.84. The Morgan fingerprint density at radius 3 is 2.61 bits per heavy atom. The van der Waals surface area contributed by atoms with Crippen molar-refractivity contribution < 1.29 is 17.9 Å². The molecule has 0 bridgehead atoms. The van der Waals surface area contributed by atoms with Gasteiger partial charge in [0.25, 0.3) is 9.05 Å². The molecule has 0 amide bonds. The van der Waals surface area contributed by atoms with E-state index in [-0.39, 0.29) is 9.77 Å². The molecule has 0 atom stereocenters. The third-order valence-electron chi connectivity index (χ3n) is 2.42. The quantitative estimate of drug-likeness (QED) is 0.459. The summed E-state index contributed by atoms with van der Waals surface area (Å²) >= 11 is 0.934. The molecule has 0 spiro atoms. The fourth-order valence-corrected chi connectivity index (χ4v) is 3.97. The Morgan fingerprint density at radius 2 is 2.11 bits per heavy atom. The number of hydrogen-bond donors (Lipinski definition) is 0. The molecule has 0 saturated heterocycles. The van der Waals surface area contributed by atoms with E-state index in [2.05, 4.69) is 6.92 Å². The van der Waals surface area contributed by atoms with Gasteiger partial charge in [0.2, 0.25) is 0 Å². The summed E-state index contributed by atoms with van der Waals surface area (Å²) in [5.74, 6) is -0.494. The van der Waals surface area contributed by atoms with Crippen molar-refractivity contribution in [2.24, 2.45) is 0 Å². The Kier molecular flexibility index (Phi) is 5.62. The van der Waals surface area contributed by atoms with Gasteiger partial charge in [0.15, 0.2) is 0 Å². The minimum atomic E-state index is -3.79. The fourth-order valence-electron chi connectivity index (χ4n) is 1.44. The minimum absolute atomic E-state index is 0.00433. The van der Waals surface area contributed by atoms with Gasteiger partial charge in [-0.2, -0.15) is 0 Å². The van der Waals surface area contributed by atoms with Crippen LogP contribution >= 0.6 is 22.0 Å². The van der Waals surface area contributed by atoms with Crippen LogP contribution in [-0.2, 0) is 13.8 Å². The topological polar surface area (TPSA) is 60.4 Å². The Hall–Kier alpha value is -0.590. The molecule has 0 aliphatic heterocycles. The summed E-state index contributed by atoms with van der Waals surface area (Å²) in [5.41, 5.74) is 0.631. The molecular formula is C11H15ClO4S2. The zero-order valence-corrected chi connectivity index (χ0v) is 12.6. The first-order valence-electron chi connectivity index (χ1n) is 5.57. The molecule has 0 aliphatic carbocycles. The van der Waals surface area contributed by atoms with E-state index in [1.807, 2.05) is 0 Å². The Labute approximate surface area is 115 Å². The lowest BCUT2D eigenvalue weighted by molar-refractivity contribution is 0.0498. The molecule has 0 fully saturated rings. The molecule has 4 nitrogen and oxygen atoms in total. The highest BCUT2D eigenvalue weighted by Gasteiger charge is 2.22. The number of rotatable bonds is 6. The van der Waals surface area contributed by atoms with E-state index >= 15 is 0 Å². The van der Waals surface area contributed by atoms with Crippen molar-refractivity contribution >= 4 is 37.0 Å². The first-order valence-corrected chi connectivity index (χ1v) is 8.76. The molecule has 102 valence electrons. The monoisotopic (exact) mass is 310 g/mol. The summed E-state index contributed by atoms with van der Waals surface area (Å²) in [6.45, 7) is 3.96. The SMILES string of the molecule is CCCCCOC(=O)c1csc(S(=O)(=O)Cl)c1C. The minimum Gasteiger partial charge on any atom is -0.462 e. The third-order valence-corrected chi connectivity index (χ3v) is 5.72. The average molecular weight is 311 g/mol. The van der Waals surface area contributed by atoms with Gasteiger partial charge in [-0.15, -0.1) is 11.3 Å². The number of halogens is 1. The van der Waals surface area contributed by atoms with Crippen molar-refractivity contribution in [3.63, 3.8) is 0 Å². The molecule has 7 heteroatoms. The first-order chi connectivity index (χ1) is 8.38. The van der Waals surface area contributed by atoms with Crippen molar-refractivity contribution in [1.82, 2.24) is 0 Å². The molecule has 18 heavy (non-hydrogen) atoms. The van der Waals surface area contributed by atoms with Gasteiger partial charge in [0.1, 0.15) is 4.21 Å². The van der Waals surface area contributed by atoms with Crippen LogP contribution in [0.15, 0.2) is 9.59 Å². The first kappa shape index (κ1) is 15.5. The van der Waals surface area contributed by atoms with Gasteiger partial charge in [0, 0.05) is 16.1 Å². The van der Waals surface area contributed by atoms with Crippen LogP contribution in [0.4, 0.5) is 0 Å². The summed E-state index contributed by atoms with van der Waals surface area (Å²) in [5, 5.41) is 1.47. The predicted molar refractivity (Wildman–Crippen MR) is 71.9 cm³/mol. The summed E-state index contributed by atoms with van der Waals surface area (Å²) in [6, 6.07) is 0. The van der Waals surface area contributed by atoms with E-state index in [1.165, 1.54) is 5.38 Å². The number of carbonyl (C=O) groups excluding carboxylic acids is 1. The Morgan fingerprint density at radius 1 is 1.44 bits per heavy atom. The van der Waals surface area contributed by atoms with Crippen LogP contribution in [0.5, 0.6) is 0 Å². The van der Waals surface area contributed by atoms with E-state index < -0.39 is 15.0 Å². The van der Waals surface area contributed by atoms with E-state index in [4.69, 9.17) is 15.4 Å². The summed E-state index contributed by atoms with van der Waals surface area (Å²) in [6.07, 6.45) is 2.85. The second kappa shape index (κ2) is 6.54. The molecule has 0 unspecified atom stereocenters. The average Bonchev–Trinajstić information content (AvgIpc) is 2.66. The number of esters is 1. The van der Waals surface area contributed by atoms with Crippen LogP contribution in [0.3, 0.4) is 0 Å². The molecule has 0 radical (unpaired) electrons. The van der Waals surface area contributed by atoms with Crippen LogP contribution in [-0.4, -0.2) is 21.0 Å². The highest BCUT2D eigenvalue weighted by Crippen LogP contribution is 2.29. The maximum absolute atomic E-state index is 11.7. The Bertz CT molecular complexity index is 519. The number of thiophene rings is 1. The van der Waals surface area contributed by atoms with Gasteiger partial charge in [-0.3, -0.25) is 0 Å². The van der Waals surface area contributed by atoms with Crippen molar-refractivity contribution in [2.45, 2.75) is 37.3 Å². The number of carbonyl (C=O) groups is 1. The zero-order valence-electron chi connectivity index (χ0n) is 10.2. The molecule has 1 aromatic heterocycles. The van der Waals surface area contributed by atoms with Crippen LogP contribution < -0.4 is 0 Å². The van der Waals surface area contributed by atoms with Gasteiger partial charge in [-0.25, -0.2) is 13.2 Å². The van der Waals surface area contributed by atoms with Crippen molar-refractivity contribution in [1.29, 1.82) is 0 Å². The van der Waals surface area contributed by atoms with Crippen molar-refractivity contribution in [3.8, 4) is 0 Å². The van der Waals surface area contributed by atoms with Crippen LogP contribution in [0.1, 0.15) is 42.1 Å². The van der Waals surface area contributed by atoms with E-state index in [0.29, 0.717) is 12.2 Å². The Balaban J connectivity index is 2.73. The van der Waals surface area contributed by atoms with Gasteiger partial charge in [0.05, 0.1) is 12.2 Å². The maximum Gasteiger partial charge on any atom is 0.339 e. The molecule has 0 saturated carbocycles. The normalized spacial score (nSPS) is 11.5. The molecule has 0 aliphatic rings. The number of ether oxygens (including phenoxy) is 1. The smallest absolute Gasteiger partial charge is 0.339 e. The molecule has 1 rings (SSSR count). The zero-order chi connectivity index (χ0) is 13.8. The number of unbranched alkanes of at least 4 members (excludes halogenated alkanes) is 2. The van der Waals surface area contributed by atoms with E-state index in [1.54, 1.807) is 6.92 Å². The molecule has 1 aromatic rings. The second-order valence-corrected chi connectivity index (χ2v) is 7.48. The van der Waals surface area contributed by atoms with Crippen LogP contribution in [0, 0.1) is 6.92 Å². The summed E-state index contributed by atoms with van der Waals surface area (Å²) < 4.78 is 27.5.